The summed E-state index contributed by atoms with van der Waals surface area (Å²) in [5.41, 5.74) is 2.05. The molecule has 2 rings (SSSR count). The summed E-state index contributed by atoms with van der Waals surface area (Å²) in [6.07, 6.45) is 10.6. The Balaban J connectivity index is 1.75. The van der Waals surface area contributed by atoms with Gasteiger partial charge in [0.25, 0.3) is 0 Å². The van der Waals surface area contributed by atoms with Gasteiger partial charge in [0.1, 0.15) is 11.5 Å². The second-order valence-corrected chi connectivity index (χ2v) is 7.34. The Hall–Kier alpha value is -2.03. The maximum Gasteiger partial charge on any atom is 0.137 e. The maximum atomic E-state index is 5.85. The highest BCUT2D eigenvalue weighted by Crippen LogP contribution is 2.23. The van der Waals surface area contributed by atoms with E-state index in [0.717, 1.165) is 48.8 Å². The number of benzene rings is 1. The molecule has 148 valence electrons. The zero-order valence-corrected chi connectivity index (χ0v) is 17.2. The van der Waals surface area contributed by atoms with Crippen LogP contribution < -0.4 is 9.47 Å². The molecule has 0 amide bonds. The number of hydrogen-bond acceptors (Lipinski definition) is 3. The van der Waals surface area contributed by atoms with Crippen molar-refractivity contribution < 1.29 is 9.47 Å². The van der Waals surface area contributed by atoms with Gasteiger partial charge >= 0.3 is 0 Å². The van der Waals surface area contributed by atoms with Gasteiger partial charge in [-0.05, 0) is 48.7 Å². The van der Waals surface area contributed by atoms with Gasteiger partial charge in [-0.2, -0.15) is 0 Å². The van der Waals surface area contributed by atoms with Gasteiger partial charge in [-0.3, -0.25) is 4.98 Å². The molecule has 0 aliphatic heterocycles. The molecule has 1 aromatic carbocycles. The van der Waals surface area contributed by atoms with Crippen LogP contribution in [0, 0.1) is 5.92 Å². The lowest BCUT2D eigenvalue weighted by molar-refractivity contribution is 0.256. The zero-order valence-electron chi connectivity index (χ0n) is 17.2. The molecule has 3 nitrogen and oxygen atoms in total. The fraction of sp³-hybridized carbons (Fsp3) is 0.542. The van der Waals surface area contributed by atoms with Crippen LogP contribution >= 0.6 is 0 Å². The topological polar surface area (TPSA) is 31.4 Å². The average molecular weight is 370 g/mol. The Labute approximate surface area is 165 Å². The molecular formula is C24H35NO2. The van der Waals surface area contributed by atoms with E-state index in [4.69, 9.17) is 9.47 Å². The van der Waals surface area contributed by atoms with Gasteiger partial charge in [-0.1, -0.05) is 59.3 Å². The zero-order chi connectivity index (χ0) is 19.3. The third kappa shape index (κ3) is 8.03. The molecule has 3 heteroatoms. The monoisotopic (exact) mass is 369 g/mol. The van der Waals surface area contributed by atoms with E-state index in [2.05, 4.69) is 37.9 Å². The Morgan fingerprint density at radius 2 is 1.52 bits per heavy atom. The minimum atomic E-state index is 0.563. The van der Waals surface area contributed by atoms with Crippen molar-refractivity contribution in [3.63, 3.8) is 0 Å². The summed E-state index contributed by atoms with van der Waals surface area (Å²) in [6.45, 7) is 8.15. The van der Waals surface area contributed by atoms with Gasteiger partial charge in [-0.15, -0.1) is 0 Å². The van der Waals surface area contributed by atoms with Crippen molar-refractivity contribution in [3.8, 4) is 22.8 Å². The van der Waals surface area contributed by atoms with Crippen molar-refractivity contribution in [1.82, 2.24) is 4.98 Å². The van der Waals surface area contributed by atoms with Crippen LogP contribution in [-0.2, 0) is 0 Å². The highest BCUT2D eigenvalue weighted by atomic mass is 16.5. The molecule has 2 aromatic rings. The Bertz CT molecular complexity index is 622. The van der Waals surface area contributed by atoms with Crippen molar-refractivity contribution in [2.45, 2.75) is 65.7 Å². The number of nitrogens with zero attached hydrogens (tertiary/aromatic N) is 1. The van der Waals surface area contributed by atoms with E-state index in [-0.39, 0.29) is 0 Å². The number of rotatable bonds is 13. The Morgan fingerprint density at radius 3 is 2.19 bits per heavy atom. The predicted octanol–water partition coefficient (Wildman–Crippen LogP) is 6.91. The molecule has 27 heavy (non-hydrogen) atoms. The van der Waals surface area contributed by atoms with E-state index in [1.165, 1.54) is 32.1 Å². The molecule has 0 spiro atoms. The number of aromatic nitrogens is 1. The lowest BCUT2D eigenvalue weighted by Crippen LogP contribution is -2.07. The second-order valence-electron chi connectivity index (χ2n) is 7.34. The van der Waals surface area contributed by atoms with Crippen LogP contribution in [0.1, 0.15) is 65.7 Å². The Morgan fingerprint density at radius 1 is 0.815 bits per heavy atom. The van der Waals surface area contributed by atoms with Crippen LogP contribution in [0.3, 0.4) is 0 Å². The summed E-state index contributed by atoms with van der Waals surface area (Å²) >= 11 is 0. The maximum absolute atomic E-state index is 5.85. The van der Waals surface area contributed by atoms with Crippen molar-refractivity contribution in [1.29, 1.82) is 0 Å². The van der Waals surface area contributed by atoms with Crippen molar-refractivity contribution in [3.05, 3.63) is 42.6 Å². The minimum Gasteiger partial charge on any atom is -0.494 e. The lowest BCUT2D eigenvalue weighted by Gasteiger charge is -2.11. The molecule has 0 radical (unpaired) electrons. The van der Waals surface area contributed by atoms with Gasteiger partial charge in [-0.25, -0.2) is 0 Å². The highest BCUT2D eigenvalue weighted by molar-refractivity contribution is 5.60. The van der Waals surface area contributed by atoms with Gasteiger partial charge in [0.05, 0.1) is 25.1 Å². The number of unbranched alkanes of at least 4 members (excludes halogenated alkanes) is 5. The minimum absolute atomic E-state index is 0.563. The predicted molar refractivity (Wildman–Crippen MR) is 113 cm³/mol. The molecule has 0 saturated carbocycles. The number of hydrogen-bond donors (Lipinski definition) is 0. The van der Waals surface area contributed by atoms with E-state index < -0.39 is 0 Å². The normalized spacial score (nSPS) is 12.0. The SMILES string of the molecule is CCCCCCCCOc1ccc(-c2ccc(OCC(C)CC)cn2)cc1. The van der Waals surface area contributed by atoms with E-state index in [1.807, 2.05) is 24.3 Å². The van der Waals surface area contributed by atoms with E-state index in [9.17, 15) is 0 Å². The molecule has 0 N–H and O–H groups in total. The van der Waals surface area contributed by atoms with Crippen LogP contribution in [0.2, 0.25) is 0 Å². The van der Waals surface area contributed by atoms with E-state index in [0.29, 0.717) is 5.92 Å². The van der Waals surface area contributed by atoms with Crippen molar-refractivity contribution in [2.24, 2.45) is 5.92 Å². The van der Waals surface area contributed by atoms with Crippen LogP contribution in [0.15, 0.2) is 42.6 Å². The molecule has 0 bridgehead atoms. The summed E-state index contributed by atoms with van der Waals surface area (Å²) < 4.78 is 11.6. The summed E-state index contributed by atoms with van der Waals surface area (Å²) in [6, 6.07) is 12.2. The van der Waals surface area contributed by atoms with Crippen LogP contribution in [0.25, 0.3) is 11.3 Å². The van der Waals surface area contributed by atoms with Crippen molar-refractivity contribution in [2.75, 3.05) is 13.2 Å². The molecule has 0 fully saturated rings. The fourth-order valence-electron chi connectivity index (χ4n) is 2.79. The quantitative estimate of drug-likeness (QED) is 0.359. The molecule has 0 aliphatic carbocycles. The van der Waals surface area contributed by atoms with E-state index in [1.54, 1.807) is 6.20 Å². The van der Waals surface area contributed by atoms with Gasteiger partial charge in [0.15, 0.2) is 0 Å². The second kappa shape index (κ2) is 12.4. The smallest absolute Gasteiger partial charge is 0.137 e. The number of pyridine rings is 1. The third-order valence-electron chi connectivity index (χ3n) is 4.88. The summed E-state index contributed by atoms with van der Waals surface area (Å²) in [4.78, 5) is 4.53. The largest absolute Gasteiger partial charge is 0.494 e. The first-order valence-electron chi connectivity index (χ1n) is 10.5. The third-order valence-corrected chi connectivity index (χ3v) is 4.88. The fourth-order valence-corrected chi connectivity index (χ4v) is 2.79. The first-order valence-corrected chi connectivity index (χ1v) is 10.5. The van der Waals surface area contributed by atoms with Crippen LogP contribution in [0.5, 0.6) is 11.5 Å². The Kier molecular flexibility index (Phi) is 9.75. The van der Waals surface area contributed by atoms with Gasteiger partial charge in [0, 0.05) is 5.56 Å². The number of ether oxygens (including phenoxy) is 2. The van der Waals surface area contributed by atoms with Crippen molar-refractivity contribution >= 4 is 0 Å². The molecule has 1 heterocycles. The van der Waals surface area contributed by atoms with E-state index >= 15 is 0 Å². The van der Waals surface area contributed by atoms with Gasteiger partial charge < -0.3 is 9.47 Å². The average Bonchev–Trinajstić information content (AvgIpc) is 2.72. The molecular weight excluding hydrogens is 334 g/mol. The standard InChI is InChI=1S/C24H35NO2/c1-4-6-7-8-9-10-17-26-22-13-11-21(12-14-22)24-16-15-23(18-25-24)27-19-20(3)5-2/h11-16,18,20H,4-10,17,19H2,1-3H3. The molecule has 0 aliphatic rings. The van der Waals surface area contributed by atoms with Gasteiger partial charge in [0.2, 0.25) is 0 Å². The van der Waals surface area contributed by atoms with Crippen LogP contribution in [0.4, 0.5) is 0 Å². The summed E-state index contributed by atoms with van der Waals surface area (Å²) in [5, 5.41) is 0. The molecule has 1 atom stereocenters. The first kappa shape index (κ1) is 21.3. The molecule has 0 saturated heterocycles. The highest BCUT2D eigenvalue weighted by Gasteiger charge is 2.04. The first-order chi connectivity index (χ1) is 13.2. The lowest BCUT2D eigenvalue weighted by atomic mass is 10.1. The molecule has 1 aromatic heterocycles. The summed E-state index contributed by atoms with van der Waals surface area (Å²) in [5.74, 6) is 2.33. The molecule has 1 unspecified atom stereocenters. The van der Waals surface area contributed by atoms with Crippen LogP contribution in [-0.4, -0.2) is 18.2 Å². The summed E-state index contributed by atoms with van der Waals surface area (Å²) in [7, 11) is 0.